The fourth-order valence-corrected chi connectivity index (χ4v) is 4.62. The van der Waals surface area contributed by atoms with Crippen LogP contribution in [0.15, 0.2) is 63.8 Å². The molecule has 4 aromatic rings. The van der Waals surface area contributed by atoms with E-state index in [1.807, 2.05) is 57.2 Å². The summed E-state index contributed by atoms with van der Waals surface area (Å²) in [5.41, 5.74) is 4.98. The Kier molecular flexibility index (Phi) is 5.02. The van der Waals surface area contributed by atoms with Gasteiger partial charge in [0.2, 0.25) is 5.76 Å². The predicted molar refractivity (Wildman–Crippen MR) is 130 cm³/mol. The minimum absolute atomic E-state index is 0.0632. The maximum atomic E-state index is 13.7. The van der Waals surface area contributed by atoms with Crippen molar-refractivity contribution in [1.29, 1.82) is 0 Å². The molecule has 1 atom stereocenters. The van der Waals surface area contributed by atoms with Gasteiger partial charge in [-0.25, -0.2) is 0 Å². The summed E-state index contributed by atoms with van der Waals surface area (Å²) in [4.78, 5) is 29.0. The molecule has 0 aliphatic carbocycles. The number of halogens is 1. The molecular weight excluding hydrogens is 438 g/mol. The normalized spacial score (nSPS) is 15.2. The zero-order valence-electron chi connectivity index (χ0n) is 18.7. The second-order valence-corrected chi connectivity index (χ2v) is 8.82. The van der Waals surface area contributed by atoms with Crippen molar-refractivity contribution in [3.63, 3.8) is 0 Å². The zero-order valence-corrected chi connectivity index (χ0v) is 19.5. The molecule has 0 bridgehead atoms. The Morgan fingerprint density at radius 1 is 0.939 bits per heavy atom. The van der Waals surface area contributed by atoms with Gasteiger partial charge in [-0.15, -0.1) is 0 Å². The molecule has 1 amide bonds. The van der Waals surface area contributed by atoms with E-state index in [0.29, 0.717) is 33.0 Å². The largest absolute Gasteiger partial charge is 0.495 e. The van der Waals surface area contributed by atoms with Crippen LogP contribution in [0.3, 0.4) is 0 Å². The van der Waals surface area contributed by atoms with E-state index in [-0.39, 0.29) is 17.1 Å². The van der Waals surface area contributed by atoms with Crippen LogP contribution in [0.25, 0.3) is 11.0 Å². The monoisotopic (exact) mass is 459 g/mol. The maximum absolute atomic E-state index is 13.7. The van der Waals surface area contributed by atoms with Gasteiger partial charge in [0, 0.05) is 5.69 Å². The lowest BCUT2D eigenvalue weighted by Gasteiger charge is -2.25. The summed E-state index contributed by atoms with van der Waals surface area (Å²) in [5, 5.41) is 0.841. The van der Waals surface area contributed by atoms with E-state index in [4.69, 9.17) is 20.8 Å². The number of fused-ring (bicyclic) bond motifs is 2. The van der Waals surface area contributed by atoms with Gasteiger partial charge in [0.05, 0.1) is 29.1 Å². The number of ether oxygens (including phenoxy) is 1. The summed E-state index contributed by atoms with van der Waals surface area (Å²) in [7, 11) is 1.53. The number of rotatable bonds is 3. The first kappa shape index (κ1) is 21.3. The summed E-state index contributed by atoms with van der Waals surface area (Å²) in [6.45, 7) is 5.89. The molecule has 2 heterocycles. The van der Waals surface area contributed by atoms with Gasteiger partial charge in [0.15, 0.2) is 5.43 Å². The zero-order chi connectivity index (χ0) is 23.4. The first-order chi connectivity index (χ1) is 15.8. The van der Waals surface area contributed by atoms with E-state index < -0.39 is 6.04 Å². The molecule has 1 aromatic heterocycles. The molecule has 0 saturated heterocycles. The molecule has 0 fully saturated rings. The van der Waals surface area contributed by atoms with E-state index in [1.165, 1.54) is 7.11 Å². The van der Waals surface area contributed by atoms with Gasteiger partial charge in [-0.05, 0) is 67.8 Å². The third-order valence-corrected chi connectivity index (χ3v) is 6.59. The Balaban J connectivity index is 1.80. The molecule has 5 rings (SSSR count). The second-order valence-electron chi connectivity index (χ2n) is 8.41. The van der Waals surface area contributed by atoms with Gasteiger partial charge in [-0.1, -0.05) is 41.4 Å². The SMILES string of the molecule is COc1ccc(N2C(=O)c3oc4cc(C)c(C)cc4c(=O)c3C2c2ccc(C)cc2)cc1Cl. The lowest BCUT2D eigenvalue weighted by molar-refractivity contribution is 0.0971. The van der Waals surface area contributed by atoms with Crippen molar-refractivity contribution in [3.05, 3.63) is 103 Å². The number of amides is 1. The van der Waals surface area contributed by atoms with Crippen LogP contribution < -0.4 is 15.1 Å². The van der Waals surface area contributed by atoms with E-state index in [1.54, 1.807) is 23.1 Å². The molecule has 33 heavy (non-hydrogen) atoms. The fourth-order valence-electron chi connectivity index (χ4n) is 4.36. The Morgan fingerprint density at radius 2 is 1.64 bits per heavy atom. The van der Waals surface area contributed by atoms with Crippen molar-refractivity contribution < 1.29 is 13.9 Å². The quantitative estimate of drug-likeness (QED) is 0.369. The number of hydrogen-bond donors (Lipinski definition) is 0. The maximum Gasteiger partial charge on any atom is 0.295 e. The molecule has 0 spiro atoms. The van der Waals surface area contributed by atoms with E-state index in [0.717, 1.165) is 22.3 Å². The molecule has 6 heteroatoms. The predicted octanol–water partition coefficient (Wildman–Crippen LogP) is 6.13. The van der Waals surface area contributed by atoms with Gasteiger partial charge in [-0.3, -0.25) is 14.5 Å². The van der Waals surface area contributed by atoms with Gasteiger partial charge in [0.1, 0.15) is 11.3 Å². The molecule has 5 nitrogen and oxygen atoms in total. The van der Waals surface area contributed by atoms with Crippen LogP contribution in [-0.2, 0) is 0 Å². The van der Waals surface area contributed by atoms with Crippen molar-refractivity contribution in [3.8, 4) is 5.75 Å². The van der Waals surface area contributed by atoms with Gasteiger partial charge in [-0.2, -0.15) is 0 Å². The average molecular weight is 460 g/mol. The molecule has 1 aliphatic rings. The Hall–Kier alpha value is -3.57. The molecular formula is C27H22ClNO4. The number of hydrogen-bond acceptors (Lipinski definition) is 4. The van der Waals surface area contributed by atoms with E-state index in [2.05, 4.69) is 0 Å². The highest BCUT2D eigenvalue weighted by Gasteiger charge is 2.43. The van der Waals surface area contributed by atoms with Gasteiger partial charge >= 0.3 is 0 Å². The molecule has 3 aromatic carbocycles. The topological polar surface area (TPSA) is 59.8 Å². The van der Waals surface area contributed by atoms with E-state index >= 15 is 0 Å². The number of nitrogens with zero attached hydrogens (tertiary/aromatic N) is 1. The Morgan fingerprint density at radius 3 is 2.30 bits per heavy atom. The lowest BCUT2D eigenvalue weighted by atomic mass is 9.96. The molecule has 0 radical (unpaired) electrons. The van der Waals surface area contributed by atoms with Crippen LogP contribution >= 0.6 is 11.6 Å². The minimum Gasteiger partial charge on any atom is -0.495 e. The first-order valence-corrected chi connectivity index (χ1v) is 11.0. The average Bonchev–Trinajstić information content (AvgIpc) is 3.08. The smallest absolute Gasteiger partial charge is 0.295 e. The highest BCUT2D eigenvalue weighted by atomic mass is 35.5. The number of methoxy groups -OCH3 is 1. The highest BCUT2D eigenvalue weighted by molar-refractivity contribution is 6.32. The van der Waals surface area contributed by atoms with Crippen molar-refractivity contribution >= 4 is 34.2 Å². The fraction of sp³-hybridized carbons (Fsp3) is 0.185. The summed E-state index contributed by atoms with van der Waals surface area (Å²) < 4.78 is 11.4. The highest BCUT2D eigenvalue weighted by Crippen LogP contribution is 2.43. The lowest BCUT2D eigenvalue weighted by Crippen LogP contribution is -2.29. The number of anilines is 1. The summed E-state index contributed by atoms with van der Waals surface area (Å²) in [6, 6.07) is 15.9. The summed E-state index contributed by atoms with van der Waals surface area (Å²) in [6.07, 6.45) is 0. The van der Waals surface area contributed by atoms with Crippen LogP contribution in [0.4, 0.5) is 5.69 Å². The number of benzene rings is 3. The number of carbonyl (C=O) groups excluding carboxylic acids is 1. The van der Waals surface area contributed by atoms with Gasteiger partial charge < -0.3 is 9.15 Å². The third-order valence-electron chi connectivity index (χ3n) is 6.29. The Bertz CT molecular complexity index is 1490. The van der Waals surface area contributed by atoms with Crippen molar-refractivity contribution in [2.45, 2.75) is 26.8 Å². The summed E-state index contributed by atoms with van der Waals surface area (Å²) in [5.74, 6) is 0.185. The Labute approximate surface area is 196 Å². The molecule has 0 N–H and O–H groups in total. The van der Waals surface area contributed by atoms with Crippen LogP contribution in [-0.4, -0.2) is 13.0 Å². The minimum atomic E-state index is -0.639. The second kappa shape index (κ2) is 7.78. The van der Waals surface area contributed by atoms with Crippen molar-refractivity contribution in [2.75, 3.05) is 12.0 Å². The number of aryl methyl sites for hydroxylation is 3. The number of carbonyl (C=O) groups is 1. The van der Waals surface area contributed by atoms with Gasteiger partial charge in [0.25, 0.3) is 5.91 Å². The van der Waals surface area contributed by atoms with Crippen LogP contribution in [0.1, 0.15) is 44.4 Å². The standard InChI is InChI=1S/C27H22ClNO4/c1-14-5-7-17(8-6-14)24-23-25(30)19-11-15(2)16(3)12-22(19)33-26(23)27(31)29(24)18-9-10-21(32-4)20(28)13-18/h5-13,24H,1-4H3. The van der Waals surface area contributed by atoms with Crippen LogP contribution in [0, 0.1) is 20.8 Å². The molecule has 1 aliphatic heterocycles. The van der Waals surface area contributed by atoms with Crippen LogP contribution in [0.2, 0.25) is 5.02 Å². The summed E-state index contributed by atoms with van der Waals surface area (Å²) >= 11 is 6.38. The van der Waals surface area contributed by atoms with Crippen molar-refractivity contribution in [1.82, 2.24) is 0 Å². The molecule has 166 valence electrons. The third kappa shape index (κ3) is 3.31. The van der Waals surface area contributed by atoms with Crippen molar-refractivity contribution in [2.24, 2.45) is 0 Å². The molecule has 1 unspecified atom stereocenters. The molecule has 0 saturated carbocycles. The first-order valence-electron chi connectivity index (χ1n) is 10.6. The van der Waals surface area contributed by atoms with E-state index in [9.17, 15) is 9.59 Å². The van der Waals surface area contributed by atoms with Crippen LogP contribution in [0.5, 0.6) is 5.75 Å².